The summed E-state index contributed by atoms with van der Waals surface area (Å²) in [6.07, 6.45) is 0. The van der Waals surface area contributed by atoms with E-state index in [0.717, 1.165) is 32.6 Å². The minimum atomic E-state index is -0.609. The number of rotatable bonds is 7. The zero-order valence-corrected chi connectivity index (χ0v) is 86.7. The van der Waals surface area contributed by atoms with E-state index in [1.807, 2.05) is 79.9 Å². The summed E-state index contributed by atoms with van der Waals surface area (Å²) in [5.74, 6) is 0. The number of benzene rings is 17. The maximum Gasteiger partial charge on any atom is 0.0648 e. The summed E-state index contributed by atoms with van der Waals surface area (Å²) in [5.41, 5.74) is 31.1. The van der Waals surface area contributed by atoms with Crippen LogP contribution in [-0.4, -0.2) is 27.4 Å². The average molecular weight is 1850 g/mol. The van der Waals surface area contributed by atoms with Gasteiger partial charge in [-0.2, -0.15) is 0 Å². The quantitative estimate of drug-likeness (QED) is 0.152. The molecule has 17 aromatic carbocycles. The van der Waals surface area contributed by atoms with E-state index < -0.39 is 23.5 Å². The van der Waals surface area contributed by atoms with Gasteiger partial charge in [0.25, 0.3) is 0 Å². The minimum Gasteiger partial charge on any atom is -0.309 e. The highest BCUT2D eigenvalue weighted by atomic mass is 15.0. The predicted molar refractivity (Wildman–Crippen MR) is 612 cm³/mol. The van der Waals surface area contributed by atoms with E-state index in [0.29, 0.717) is 22.1 Å². The van der Waals surface area contributed by atoms with Crippen LogP contribution < -0.4 is 0 Å². The molecule has 23 rings (SSSR count). The third kappa shape index (κ3) is 16.8. The highest BCUT2D eigenvalue weighted by molar-refractivity contribution is 6.24. The monoisotopic (exact) mass is 1850 g/mol. The highest BCUT2D eigenvalue weighted by Crippen LogP contribution is 2.52. The van der Waals surface area contributed by atoms with Gasteiger partial charge in [0.05, 0.1) is 84.2 Å². The molecule has 706 valence electrons. The van der Waals surface area contributed by atoms with Crippen LogP contribution in [0.15, 0.2) is 370 Å². The van der Waals surface area contributed by atoms with Crippen LogP contribution in [0.1, 0.15) is 229 Å². The van der Waals surface area contributed by atoms with E-state index in [9.17, 15) is 0 Å². The number of fused-ring (bicyclic) bond motifs is 18. The van der Waals surface area contributed by atoms with Gasteiger partial charge in [-0.25, -0.2) is 0 Å². The molecule has 0 saturated carbocycles. The van der Waals surface area contributed by atoms with Gasteiger partial charge in [0.15, 0.2) is 0 Å². The topological polar surface area (TPSA) is 29.6 Å². The molecule has 0 aliphatic carbocycles. The molecule has 6 heteroatoms. The van der Waals surface area contributed by atoms with Crippen molar-refractivity contribution in [1.29, 1.82) is 0 Å². The number of hydrogen-bond donors (Lipinski definition) is 0. The van der Waals surface area contributed by atoms with E-state index in [-0.39, 0.29) is 85.5 Å². The molecule has 23 aromatic rings. The lowest BCUT2D eigenvalue weighted by Gasteiger charge is -2.33. The van der Waals surface area contributed by atoms with Gasteiger partial charge >= 0.3 is 0 Å². The molecule has 0 spiro atoms. The van der Waals surface area contributed by atoms with Gasteiger partial charge in [0.1, 0.15) is 0 Å². The normalized spacial score (nSPS) is 13.6. The van der Waals surface area contributed by atoms with E-state index in [1.54, 1.807) is 11.5 Å². The maximum atomic E-state index is 9.12. The van der Waals surface area contributed by atoms with Crippen molar-refractivity contribution in [2.75, 3.05) is 0 Å². The molecule has 0 unspecified atom stereocenters. The summed E-state index contributed by atoms with van der Waals surface area (Å²) in [6, 6.07) is 111. The van der Waals surface area contributed by atoms with Crippen molar-refractivity contribution < 1.29 is 12.3 Å². The molecule has 0 atom stereocenters. The number of nitrogens with zero attached hydrogens (tertiary/aromatic N) is 6. The van der Waals surface area contributed by atoms with E-state index in [1.165, 1.54) is 160 Å². The molecule has 141 heavy (non-hydrogen) atoms. The first-order chi connectivity index (χ1) is 70.8. The molecule has 0 aliphatic rings. The first-order valence-electron chi connectivity index (χ1n) is 54.5. The molecule has 6 nitrogen and oxygen atoms in total. The molecule has 6 heterocycles. The summed E-state index contributed by atoms with van der Waals surface area (Å²) in [7, 11) is 0. The van der Waals surface area contributed by atoms with Crippen LogP contribution in [0.5, 0.6) is 0 Å². The Hall–Kier alpha value is -14.5. The Morgan fingerprint density at radius 3 is 0.915 bits per heavy atom. The number of hydrogen-bond acceptors (Lipinski definition) is 0. The third-order valence-corrected chi connectivity index (χ3v) is 28.4. The van der Waals surface area contributed by atoms with Crippen molar-refractivity contribution in [3.8, 4) is 45.3 Å². The second kappa shape index (κ2) is 35.1. The van der Waals surface area contributed by atoms with Gasteiger partial charge in [0.2, 0.25) is 0 Å². The maximum absolute atomic E-state index is 9.12. The SMILES string of the molecule is CC(C)(C)c1c2c(cc3c4ccccc4n(-c4ccccc4)c13)c1ccccc1n2-c1ccccc1.CC(C)(C)c1cc(-c2cccc3c4ccccc4n(-c4cccc(C(C)(C)C)c4C(C)(C)C)c23)cc(C(C)(C)C)c1.CC(C)(C)c1ccc(-n2c3ccccc3c3cccc(C(C)(C)C)c32)cc1.[2H]c1c([2H])c([2H])c(-n2c3ccccc3c3cc4c5ccccc5n(-c5c([2H])c([2H])c([2H])c(C)c5[2H])c4c(C(C)(C)C)c32)c([2H])c1[2H]. The summed E-state index contributed by atoms with van der Waals surface area (Å²) in [6.45, 7) is 56.5. The molecular formula is C135H136N6. The van der Waals surface area contributed by atoms with Crippen molar-refractivity contribution in [2.24, 2.45) is 0 Å². The Kier molecular flexibility index (Phi) is 20.8. The van der Waals surface area contributed by atoms with Gasteiger partial charge in [-0.15, -0.1) is 0 Å². The first-order valence-corrected chi connectivity index (χ1v) is 50.0. The molecule has 6 aromatic heterocycles. The van der Waals surface area contributed by atoms with Crippen molar-refractivity contribution in [2.45, 2.75) is 216 Å². The van der Waals surface area contributed by atoms with Crippen LogP contribution in [0.4, 0.5) is 0 Å². The summed E-state index contributed by atoms with van der Waals surface area (Å²) in [5, 5.41) is 13.9. The number of para-hydroxylation sites is 11. The summed E-state index contributed by atoms with van der Waals surface area (Å²) < 4.78 is 91.8. The Bertz CT molecular complexity index is 8980. The fourth-order valence-electron chi connectivity index (χ4n) is 21.9. The van der Waals surface area contributed by atoms with Crippen LogP contribution >= 0.6 is 0 Å². The molecule has 0 amide bonds. The first kappa shape index (κ1) is 83.5. The van der Waals surface area contributed by atoms with Crippen LogP contribution in [0.2, 0.25) is 0 Å². The highest BCUT2D eigenvalue weighted by Gasteiger charge is 2.36. The molecule has 0 N–H and O–H groups in total. The molecular weight excluding hydrogens is 1710 g/mol. The van der Waals surface area contributed by atoms with E-state index in [4.69, 9.17) is 12.3 Å². The molecule has 0 bridgehead atoms. The standard InChI is InChI=1S/C40H49N.C35H30N2.C34H28N2.C26H29N/c1-37(2,3)27-23-26(24-28(25-27)38(4,5)6)29-18-15-19-31-30-17-13-14-21-33(30)41(36(29)31)34-22-16-20-32(39(7,8)9)35(34)40(10,11)12;1-23-13-12-16-25(21-23)37-31-20-11-9-18-27(31)29-22-28-26-17-8-10-19-30(26)36(24-14-6-5-7-15-24)33(28)32(34(29)37)35(2,3)4;1-34(2,3)31-32-27(25-18-10-12-20-29(25)35(32)23-14-6-4-7-15-23)22-28-26-19-11-13-21-30(26)36(33(28)31)24-16-8-5-9-17-24;1-25(2,3)18-14-16-19(17-15-18)27-23-13-8-7-10-20(23)21-11-9-12-22(24(21)27)26(4,5)6/h13-25H,1-12H3;5-22H,1-4H3;4-22H,1-3H3;7-17H,1-6H3/i;5D,6D,7D,12D,13D,14D,15D,16D,21D;;. The molecule has 0 fully saturated rings. The summed E-state index contributed by atoms with van der Waals surface area (Å²) >= 11 is 0. The van der Waals surface area contributed by atoms with Crippen LogP contribution in [0.25, 0.3) is 176 Å². The lowest BCUT2D eigenvalue weighted by molar-refractivity contribution is 0.528. The van der Waals surface area contributed by atoms with Gasteiger partial charge in [0, 0.05) is 110 Å². The predicted octanol–water partition coefficient (Wildman–Crippen LogP) is 37.7. The van der Waals surface area contributed by atoms with Crippen molar-refractivity contribution >= 4 is 131 Å². The Morgan fingerprint density at radius 2 is 0.518 bits per heavy atom. The van der Waals surface area contributed by atoms with Crippen LogP contribution in [0.3, 0.4) is 0 Å². The van der Waals surface area contributed by atoms with Gasteiger partial charge in [-0.1, -0.05) is 421 Å². The fraction of sp³-hybridized carbons (Fsp3) is 0.244. The fourth-order valence-corrected chi connectivity index (χ4v) is 21.9. The zero-order valence-electron chi connectivity index (χ0n) is 95.7. The summed E-state index contributed by atoms with van der Waals surface area (Å²) in [4.78, 5) is 0. The van der Waals surface area contributed by atoms with Crippen LogP contribution in [-0.2, 0) is 43.3 Å². The average Bonchev–Trinajstić information content (AvgIpc) is 1.52. The molecule has 0 radical (unpaired) electrons. The second-order valence-electron chi connectivity index (χ2n) is 46.8. The smallest absolute Gasteiger partial charge is 0.0648 e. The lowest BCUT2D eigenvalue weighted by Crippen LogP contribution is -2.24. The van der Waals surface area contributed by atoms with Gasteiger partial charge in [-0.3, -0.25) is 0 Å². The van der Waals surface area contributed by atoms with E-state index >= 15 is 0 Å². The Morgan fingerprint density at radius 1 is 0.199 bits per heavy atom. The Labute approximate surface area is 846 Å². The third-order valence-electron chi connectivity index (χ3n) is 28.4. The van der Waals surface area contributed by atoms with Crippen LogP contribution in [0, 0.1) is 6.92 Å². The van der Waals surface area contributed by atoms with Crippen molar-refractivity contribution in [3.05, 3.63) is 420 Å². The Balaban J connectivity index is 0.000000123. The van der Waals surface area contributed by atoms with Gasteiger partial charge in [-0.05, 0) is 210 Å². The minimum absolute atomic E-state index is 0.0141. The molecule has 0 aliphatic heterocycles. The van der Waals surface area contributed by atoms with Gasteiger partial charge < -0.3 is 27.4 Å². The van der Waals surface area contributed by atoms with E-state index in [2.05, 4.69) is 425 Å². The van der Waals surface area contributed by atoms with Crippen molar-refractivity contribution in [3.63, 3.8) is 0 Å². The number of aromatic nitrogens is 6. The lowest BCUT2D eigenvalue weighted by atomic mass is 9.74. The second-order valence-corrected chi connectivity index (χ2v) is 46.8. The molecule has 0 saturated heterocycles. The largest absolute Gasteiger partial charge is 0.309 e. The zero-order chi connectivity index (χ0) is 107. The van der Waals surface area contributed by atoms with Crippen molar-refractivity contribution in [1.82, 2.24) is 27.4 Å².